The van der Waals surface area contributed by atoms with Crippen LogP contribution in [0.5, 0.6) is 11.5 Å². The van der Waals surface area contributed by atoms with Crippen LogP contribution in [-0.2, 0) is 16.2 Å². The molecule has 3 aromatic carbocycles. The van der Waals surface area contributed by atoms with E-state index >= 15 is 0 Å². The van der Waals surface area contributed by atoms with Gasteiger partial charge in [-0.1, -0.05) is 42.5 Å². The highest BCUT2D eigenvalue weighted by atomic mass is 16.5. The molecule has 0 aromatic heterocycles. The molecule has 3 aromatic rings. The van der Waals surface area contributed by atoms with E-state index in [1.54, 1.807) is 36.4 Å². The lowest BCUT2D eigenvalue weighted by molar-refractivity contribution is -0.136. The number of hydrazone groups is 1. The molecule has 0 heterocycles. The molecule has 0 fully saturated rings. The van der Waals surface area contributed by atoms with Crippen LogP contribution in [0.15, 0.2) is 84.0 Å². The van der Waals surface area contributed by atoms with Crippen LogP contribution in [0.3, 0.4) is 0 Å². The fourth-order valence-electron chi connectivity index (χ4n) is 2.38. The average molecular weight is 389 g/mol. The maximum Gasteiger partial charge on any atom is 0.329 e. The van der Waals surface area contributed by atoms with Crippen LogP contribution in [0.2, 0.25) is 0 Å². The first-order chi connectivity index (χ1) is 14.1. The van der Waals surface area contributed by atoms with Crippen molar-refractivity contribution in [2.24, 2.45) is 5.10 Å². The van der Waals surface area contributed by atoms with Crippen molar-refractivity contribution < 1.29 is 19.4 Å². The number of anilines is 1. The lowest BCUT2D eigenvalue weighted by Crippen LogP contribution is -2.32. The summed E-state index contributed by atoms with van der Waals surface area (Å²) in [4.78, 5) is 23.8. The van der Waals surface area contributed by atoms with E-state index in [1.807, 2.05) is 30.3 Å². The minimum absolute atomic E-state index is 0.0780. The molecule has 0 radical (unpaired) electrons. The Morgan fingerprint density at radius 2 is 1.69 bits per heavy atom. The van der Waals surface area contributed by atoms with Crippen molar-refractivity contribution in [2.45, 2.75) is 6.61 Å². The highest BCUT2D eigenvalue weighted by Gasteiger charge is 2.12. The summed E-state index contributed by atoms with van der Waals surface area (Å²) in [5.41, 5.74) is 4.21. The number of phenolic OH excluding ortho intramolecular Hbond substituents is 1. The molecule has 0 aliphatic rings. The first-order valence-corrected chi connectivity index (χ1v) is 8.80. The Balaban J connectivity index is 1.47. The number of aromatic hydroxyl groups is 1. The van der Waals surface area contributed by atoms with E-state index in [1.165, 1.54) is 18.3 Å². The number of ether oxygens (including phenoxy) is 1. The van der Waals surface area contributed by atoms with Crippen molar-refractivity contribution in [3.63, 3.8) is 0 Å². The van der Waals surface area contributed by atoms with Crippen LogP contribution in [0.25, 0.3) is 0 Å². The summed E-state index contributed by atoms with van der Waals surface area (Å²) in [5.74, 6) is -1.04. The second-order valence-electron chi connectivity index (χ2n) is 6.05. The lowest BCUT2D eigenvalue weighted by Gasteiger charge is -2.08. The predicted molar refractivity (Wildman–Crippen MR) is 110 cm³/mol. The first-order valence-electron chi connectivity index (χ1n) is 8.80. The van der Waals surface area contributed by atoms with Crippen LogP contribution in [0.1, 0.15) is 11.1 Å². The maximum absolute atomic E-state index is 11.9. The molecule has 0 aliphatic carbocycles. The number of amides is 2. The molecule has 0 saturated carbocycles. The highest BCUT2D eigenvalue weighted by Crippen LogP contribution is 2.17. The summed E-state index contributed by atoms with van der Waals surface area (Å²) in [7, 11) is 0. The molecular weight excluding hydrogens is 370 g/mol. The van der Waals surface area contributed by atoms with E-state index < -0.39 is 11.8 Å². The van der Waals surface area contributed by atoms with E-state index in [9.17, 15) is 14.7 Å². The van der Waals surface area contributed by atoms with Gasteiger partial charge in [0.15, 0.2) is 0 Å². The van der Waals surface area contributed by atoms with Gasteiger partial charge in [-0.25, -0.2) is 5.43 Å². The quantitative estimate of drug-likeness (QED) is 0.343. The van der Waals surface area contributed by atoms with Gasteiger partial charge >= 0.3 is 11.8 Å². The standard InChI is InChI=1S/C22H19N3O4/c26-19-8-4-7-17(13-19)14-23-25-22(28)21(27)24-18-9-11-20(12-10-18)29-15-16-5-2-1-3-6-16/h1-14,26H,15H2,(H,24,27)(H,25,28)/b23-14-. The third kappa shape index (κ3) is 6.21. The van der Waals surface area contributed by atoms with Crippen molar-refractivity contribution in [1.29, 1.82) is 0 Å². The zero-order valence-electron chi connectivity index (χ0n) is 15.4. The number of nitrogens with zero attached hydrogens (tertiary/aromatic N) is 1. The largest absolute Gasteiger partial charge is 0.508 e. The number of carbonyl (C=O) groups excluding carboxylic acids is 2. The van der Waals surface area contributed by atoms with Gasteiger partial charge in [0.25, 0.3) is 0 Å². The van der Waals surface area contributed by atoms with Crippen molar-refractivity contribution >= 4 is 23.7 Å². The van der Waals surface area contributed by atoms with E-state index in [4.69, 9.17) is 4.74 Å². The van der Waals surface area contributed by atoms with E-state index in [2.05, 4.69) is 15.8 Å². The number of hydrogen-bond donors (Lipinski definition) is 3. The van der Waals surface area contributed by atoms with Crippen molar-refractivity contribution in [2.75, 3.05) is 5.32 Å². The first kappa shape index (κ1) is 19.6. The Bertz CT molecular complexity index is 1000. The minimum atomic E-state index is -0.911. The molecule has 146 valence electrons. The normalized spacial score (nSPS) is 10.5. The van der Waals surface area contributed by atoms with Crippen LogP contribution in [0.4, 0.5) is 5.69 Å². The summed E-state index contributed by atoms with van der Waals surface area (Å²) in [5, 5.41) is 15.5. The molecule has 29 heavy (non-hydrogen) atoms. The zero-order valence-corrected chi connectivity index (χ0v) is 15.4. The van der Waals surface area contributed by atoms with Gasteiger partial charge in [0.2, 0.25) is 0 Å². The Kier molecular flexibility index (Phi) is 6.57. The van der Waals surface area contributed by atoms with Crippen molar-refractivity contribution in [3.8, 4) is 11.5 Å². The fraction of sp³-hybridized carbons (Fsp3) is 0.0455. The van der Waals surface area contributed by atoms with Gasteiger partial charge < -0.3 is 15.2 Å². The molecule has 2 amide bonds. The second-order valence-corrected chi connectivity index (χ2v) is 6.05. The average Bonchev–Trinajstić information content (AvgIpc) is 2.74. The van der Waals surface area contributed by atoms with Crippen molar-refractivity contribution in [1.82, 2.24) is 5.43 Å². The summed E-state index contributed by atoms with van der Waals surface area (Å²) in [6.07, 6.45) is 1.32. The maximum atomic E-state index is 11.9. The van der Waals surface area contributed by atoms with Gasteiger partial charge in [-0.2, -0.15) is 5.10 Å². The van der Waals surface area contributed by atoms with Gasteiger partial charge in [0.1, 0.15) is 18.1 Å². The highest BCUT2D eigenvalue weighted by molar-refractivity contribution is 6.39. The van der Waals surface area contributed by atoms with Crippen LogP contribution in [0, 0.1) is 0 Å². The smallest absolute Gasteiger partial charge is 0.329 e. The van der Waals surface area contributed by atoms with E-state index in [0.717, 1.165) is 5.56 Å². The lowest BCUT2D eigenvalue weighted by atomic mass is 10.2. The number of hydrogen-bond acceptors (Lipinski definition) is 5. The number of nitrogens with one attached hydrogen (secondary N) is 2. The molecule has 7 nitrogen and oxygen atoms in total. The molecule has 0 unspecified atom stereocenters. The molecule has 3 rings (SSSR count). The topological polar surface area (TPSA) is 100 Å². The van der Waals surface area contributed by atoms with Crippen LogP contribution < -0.4 is 15.5 Å². The summed E-state index contributed by atoms with van der Waals surface area (Å²) in [6.45, 7) is 0.437. The Hall–Kier alpha value is -4.13. The Morgan fingerprint density at radius 3 is 2.41 bits per heavy atom. The van der Waals surface area contributed by atoms with Crippen molar-refractivity contribution in [3.05, 3.63) is 90.0 Å². The summed E-state index contributed by atoms with van der Waals surface area (Å²) < 4.78 is 5.67. The molecule has 0 bridgehead atoms. The summed E-state index contributed by atoms with van der Waals surface area (Å²) in [6, 6.07) is 22.8. The zero-order chi connectivity index (χ0) is 20.5. The summed E-state index contributed by atoms with van der Waals surface area (Å²) >= 11 is 0. The molecule has 3 N–H and O–H groups in total. The monoisotopic (exact) mass is 389 g/mol. The van der Waals surface area contributed by atoms with Gasteiger partial charge in [-0.15, -0.1) is 0 Å². The second kappa shape index (κ2) is 9.70. The number of carbonyl (C=O) groups is 2. The van der Waals surface area contributed by atoms with E-state index in [-0.39, 0.29) is 5.75 Å². The number of phenols is 1. The van der Waals surface area contributed by atoms with Gasteiger partial charge in [-0.05, 0) is 47.5 Å². The number of rotatable bonds is 6. The number of benzene rings is 3. The van der Waals surface area contributed by atoms with Crippen LogP contribution >= 0.6 is 0 Å². The molecule has 7 heteroatoms. The molecule has 0 atom stereocenters. The van der Waals surface area contributed by atoms with Crippen LogP contribution in [-0.4, -0.2) is 23.1 Å². The predicted octanol–water partition coefficient (Wildman–Crippen LogP) is 3.06. The van der Waals surface area contributed by atoms with E-state index in [0.29, 0.717) is 23.6 Å². The molecule has 0 spiro atoms. The fourth-order valence-corrected chi connectivity index (χ4v) is 2.38. The molecule has 0 aliphatic heterocycles. The minimum Gasteiger partial charge on any atom is -0.508 e. The third-order valence-electron chi connectivity index (χ3n) is 3.82. The van der Waals surface area contributed by atoms with Gasteiger partial charge in [-0.3, -0.25) is 9.59 Å². The Morgan fingerprint density at radius 1 is 0.931 bits per heavy atom. The Labute approximate surface area is 167 Å². The van der Waals surface area contributed by atoms with Gasteiger partial charge in [0.05, 0.1) is 6.21 Å². The molecule has 0 saturated heterocycles. The third-order valence-corrected chi connectivity index (χ3v) is 3.82. The SMILES string of the molecule is O=C(N/N=C\c1cccc(O)c1)C(=O)Nc1ccc(OCc2ccccc2)cc1. The van der Waals surface area contributed by atoms with Gasteiger partial charge in [0, 0.05) is 5.69 Å². The molecular formula is C22H19N3O4.